The third-order valence-corrected chi connectivity index (χ3v) is 3.36. The van der Waals surface area contributed by atoms with Gasteiger partial charge in [0.2, 0.25) is 0 Å². The summed E-state index contributed by atoms with van der Waals surface area (Å²) in [7, 11) is 0. The van der Waals surface area contributed by atoms with Crippen LogP contribution >= 0.6 is 0 Å². The molecular formula is C16H20N2O. The van der Waals surface area contributed by atoms with Gasteiger partial charge in [0.05, 0.1) is 11.9 Å². The molecule has 0 unspecified atom stereocenters. The Labute approximate surface area is 114 Å². The lowest BCUT2D eigenvalue weighted by Gasteiger charge is -2.12. The van der Waals surface area contributed by atoms with Gasteiger partial charge in [-0.3, -0.25) is 4.98 Å². The van der Waals surface area contributed by atoms with Crippen LogP contribution in [0.1, 0.15) is 36.2 Å². The predicted molar refractivity (Wildman–Crippen MR) is 77.4 cm³/mol. The number of benzene rings is 1. The fourth-order valence-electron chi connectivity index (χ4n) is 1.84. The van der Waals surface area contributed by atoms with Crippen LogP contribution in [0.4, 0.5) is 0 Å². The molecule has 3 nitrogen and oxygen atoms in total. The van der Waals surface area contributed by atoms with Crippen molar-refractivity contribution in [1.29, 1.82) is 0 Å². The van der Waals surface area contributed by atoms with E-state index in [-0.39, 0.29) is 6.04 Å². The molecule has 2 aromatic rings. The molecule has 0 aliphatic carbocycles. The standard InChI is InChI=1S/C16H20N2O/c1-4-14(17)15-9-8-13(10-18-15)19-16-7-5-6-11(2)12(16)3/h5-10,14H,4,17H2,1-3H3/t14-/m1/s1. The van der Waals surface area contributed by atoms with Gasteiger partial charge in [-0.15, -0.1) is 0 Å². The summed E-state index contributed by atoms with van der Waals surface area (Å²) in [5.74, 6) is 1.61. The number of aromatic nitrogens is 1. The maximum atomic E-state index is 5.94. The maximum Gasteiger partial charge on any atom is 0.145 e. The SMILES string of the molecule is CC[C@@H](N)c1ccc(Oc2cccc(C)c2C)cn1. The average molecular weight is 256 g/mol. The van der Waals surface area contributed by atoms with Crippen molar-refractivity contribution in [2.75, 3.05) is 0 Å². The summed E-state index contributed by atoms with van der Waals surface area (Å²) in [6.45, 7) is 6.18. The summed E-state index contributed by atoms with van der Waals surface area (Å²) >= 11 is 0. The van der Waals surface area contributed by atoms with E-state index in [1.165, 1.54) is 5.56 Å². The zero-order valence-corrected chi connectivity index (χ0v) is 11.7. The molecule has 1 aromatic carbocycles. The average Bonchev–Trinajstić information content (AvgIpc) is 2.44. The molecule has 2 rings (SSSR count). The molecule has 1 atom stereocenters. The summed E-state index contributed by atoms with van der Waals surface area (Å²) in [4.78, 5) is 4.35. The van der Waals surface area contributed by atoms with Gasteiger partial charge in [0, 0.05) is 6.04 Å². The molecule has 0 spiro atoms. The first-order valence-electron chi connectivity index (χ1n) is 6.57. The van der Waals surface area contributed by atoms with E-state index in [4.69, 9.17) is 10.5 Å². The highest BCUT2D eigenvalue weighted by molar-refractivity contribution is 5.41. The van der Waals surface area contributed by atoms with Crippen LogP contribution < -0.4 is 10.5 Å². The Morgan fingerprint density at radius 2 is 2.00 bits per heavy atom. The molecule has 0 saturated heterocycles. The Bertz CT molecular complexity index is 549. The van der Waals surface area contributed by atoms with E-state index >= 15 is 0 Å². The van der Waals surface area contributed by atoms with Crippen molar-refractivity contribution in [1.82, 2.24) is 4.98 Å². The summed E-state index contributed by atoms with van der Waals surface area (Å²) in [6, 6.07) is 9.87. The molecule has 1 aromatic heterocycles. The van der Waals surface area contributed by atoms with Crippen LogP contribution in [-0.4, -0.2) is 4.98 Å². The van der Waals surface area contributed by atoms with E-state index in [1.54, 1.807) is 6.20 Å². The van der Waals surface area contributed by atoms with Crippen molar-refractivity contribution >= 4 is 0 Å². The van der Waals surface area contributed by atoms with E-state index in [0.29, 0.717) is 0 Å². The van der Waals surface area contributed by atoms with Crippen molar-refractivity contribution in [3.8, 4) is 11.5 Å². The molecule has 3 heteroatoms. The van der Waals surface area contributed by atoms with Crippen LogP contribution in [0.3, 0.4) is 0 Å². The van der Waals surface area contributed by atoms with Gasteiger partial charge in [-0.25, -0.2) is 0 Å². The van der Waals surface area contributed by atoms with Crippen molar-refractivity contribution in [3.05, 3.63) is 53.3 Å². The molecule has 19 heavy (non-hydrogen) atoms. The van der Waals surface area contributed by atoms with Crippen molar-refractivity contribution in [2.24, 2.45) is 5.73 Å². The van der Waals surface area contributed by atoms with Crippen LogP contribution in [0.15, 0.2) is 36.5 Å². The first kappa shape index (κ1) is 13.6. The minimum absolute atomic E-state index is 0.00486. The zero-order chi connectivity index (χ0) is 13.8. The molecular weight excluding hydrogens is 236 g/mol. The fraction of sp³-hybridized carbons (Fsp3) is 0.312. The second-order valence-electron chi connectivity index (χ2n) is 4.73. The van der Waals surface area contributed by atoms with E-state index in [9.17, 15) is 0 Å². The van der Waals surface area contributed by atoms with Gasteiger partial charge in [0.15, 0.2) is 0 Å². The summed E-state index contributed by atoms with van der Waals surface area (Å²) in [5, 5.41) is 0. The summed E-state index contributed by atoms with van der Waals surface area (Å²) < 4.78 is 5.86. The molecule has 0 aliphatic heterocycles. The van der Waals surface area contributed by atoms with Crippen molar-refractivity contribution < 1.29 is 4.74 Å². The molecule has 0 fully saturated rings. The third kappa shape index (κ3) is 3.12. The molecule has 0 amide bonds. The summed E-state index contributed by atoms with van der Waals surface area (Å²) in [6.07, 6.45) is 2.61. The highest BCUT2D eigenvalue weighted by atomic mass is 16.5. The fourth-order valence-corrected chi connectivity index (χ4v) is 1.84. The monoisotopic (exact) mass is 256 g/mol. The first-order valence-corrected chi connectivity index (χ1v) is 6.57. The lowest BCUT2D eigenvalue weighted by atomic mass is 10.1. The van der Waals surface area contributed by atoms with Crippen molar-refractivity contribution in [2.45, 2.75) is 33.2 Å². The second kappa shape index (κ2) is 5.85. The van der Waals surface area contributed by atoms with Crippen LogP contribution in [-0.2, 0) is 0 Å². The highest BCUT2D eigenvalue weighted by Crippen LogP contribution is 2.26. The molecule has 1 heterocycles. The number of aryl methyl sites for hydroxylation is 1. The number of rotatable bonds is 4. The zero-order valence-electron chi connectivity index (χ0n) is 11.7. The Morgan fingerprint density at radius 1 is 1.21 bits per heavy atom. The highest BCUT2D eigenvalue weighted by Gasteiger charge is 2.06. The lowest BCUT2D eigenvalue weighted by Crippen LogP contribution is -2.10. The number of hydrogen-bond donors (Lipinski definition) is 1. The molecule has 100 valence electrons. The van der Waals surface area contributed by atoms with Crippen LogP contribution in [0.5, 0.6) is 11.5 Å². The van der Waals surface area contributed by atoms with Gasteiger partial charge in [-0.05, 0) is 49.6 Å². The largest absolute Gasteiger partial charge is 0.455 e. The normalized spacial score (nSPS) is 12.2. The van der Waals surface area contributed by atoms with E-state index < -0.39 is 0 Å². The molecule has 0 saturated carbocycles. The van der Waals surface area contributed by atoms with Gasteiger partial charge >= 0.3 is 0 Å². The second-order valence-corrected chi connectivity index (χ2v) is 4.73. The van der Waals surface area contributed by atoms with Crippen LogP contribution in [0.25, 0.3) is 0 Å². The predicted octanol–water partition coefficient (Wildman–Crippen LogP) is 3.90. The minimum Gasteiger partial charge on any atom is -0.455 e. The van der Waals surface area contributed by atoms with E-state index in [1.807, 2.05) is 31.2 Å². The quantitative estimate of drug-likeness (QED) is 0.902. The van der Waals surface area contributed by atoms with Gasteiger partial charge in [-0.1, -0.05) is 19.1 Å². The van der Waals surface area contributed by atoms with Crippen molar-refractivity contribution in [3.63, 3.8) is 0 Å². The third-order valence-electron chi connectivity index (χ3n) is 3.36. The van der Waals surface area contributed by atoms with Crippen LogP contribution in [0, 0.1) is 13.8 Å². The molecule has 0 bridgehead atoms. The van der Waals surface area contributed by atoms with Gasteiger partial charge < -0.3 is 10.5 Å². The Balaban J connectivity index is 2.18. The van der Waals surface area contributed by atoms with Crippen LogP contribution in [0.2, 0.25) is 0 Å². The smallest absolute Gasteiger partial charge is 0.145 e. The Morgan fingerprint density at radius 3 is 2.63 bits per heavy atom. The maximum absolute atomic E-state index is 5.94. The van der Waals surface area contributed by atoms with E-state index in [2.05, 4.69) is 24.9 Å². The Hall–Kier alpha value is -1.87. The van der Waals surface area contributed by atoms with E-state index in [0.717, 1.165) is 29.2 Å². The molecule has 0 aliphatic rings. The molecule has 0 radical (unpaired) electrons. The number of pyridine rings is 1. The first-order chi connectivity index (χ1) is 9.11. The Kier molecular flexibility index (Phi) is 4.17. The molecule has 2 N–H and O–H groups in total. The number of hydrogen-bond acceptors (Lipinski definition) is 3. The number of ether oxygens (including phenoxy) is 1. The minimum atomic E-state index is -0.00486. The number of nitrogens with zero attached hydrogens (tertiary/aromatic N) is 1. The lowest BCUT2D eigenvalue weighted by molar-refractivity contribution is 0.475. The van der Waals surface area contributed by atoms with Gasteiger partial charge in [0.25, 0.3) is 0 Å². The number of nitrogens with two attached hydrogens (primary N) is 1. The summed E-state index contributed by atoms with van der Waals surface area (Å²) in [5.41, 5.74) is 9.20. The van der Waals surface area contributed by atoms with Gasteiger partial charge in [-0.2, -0.15) is 0 Å². The van der Waals surface area contributed by atoms with Gasteiger partial charge in [0.1, 0.15) is 11.5 Å². The topological polar surface area (TPSA) is 48.1 Å².